The molecular weight excluding hydrogens is 374 g/mol. The smallest absolute Gasteiger partial charge is 0.296 e. The fourth-order valence-electron chi connectivity index (χ4n) is 2.24. The van der Waals surface area contributed by atoms with E-state index in [2.05, 4.69) is 5.32 Å². The molecule has 2 aromatic carbocycles. The molecule has 0 atom stereocenters. The lowest BCUT2D eigenvalue weighted by Gasteiger charge is -2.10. The molecule has 0 fully saturated rings. The number of ether oxygens (including phenoxy) is 3. The normalized spacial score (nSPS) is 10.9. The van der Waals surface area contributed by atoms with Crippen molar-refractivity contribution in [3.8, 4) is 17.2 Å². The van der Waals surface area contributed by atoms with Crippen LogP contribution in [0.3, 0.4) is 0 Å². The van der Waals surface area contributed by atoms with Crippen LogP contribution in [-0.2, 0) is 9.59 Å². The van der Waals surface area contributed by atoms with E-state index in [1.54, 1.807) is 24.3 Å². The first-order valence-electron chi connectivity index (χ1n) is 7.71. The van der Waals surface area contributed by atoms with E-state index in [0.29, 0.717) is 22.3 Å². The molecule has 0 aromatic heterocycles. The zero-order valence-electron chi connectivity index (χ0n) is 14.9. The molecule has 1 amide bonds. The van der Waals surface area contributed by atoms with Crippen molar-refractivity contribution in [3.05, 3.63) is 53.1 Å². The van der Waals surface area contributed by atoms with Gasteiger partial charge in [0.25, 0.3) is 5.91 Å². The molecule has 0 aliphatic heterocycles. The van der Waals surface area contributed by atoms with Crippen molar-refractivity contribution < 1.29 is 28.9 Å². The van der Waals surface area contributed by atoms with Crippen molar-refractivity contribution in [3.63, 3.8) is 0 Å². The highest BCUT2D eigenvalue weighted by Gasteiger charge is 2.17. The van der Waals surface area contributed by atoms with Crippen molar-refractivity contribution in [1.29, 1.82) is 0 Å². The zero-order valence-corrected chi connectivity index (χ0v) is 15.7. The summed E-state index contributed by atoms with van der Waals surface area (Å²) < 4.78 is 15.3. The zero-order chi connectivity index (χ0) is 20.0. The number of aliphatic hydroxyl groups excluding tert-OH is 1. The third-order valence-corrected chi connectivity index (χ3v) is 3.82. The third kappa shape index (κ3) is 4.92. The molecule has 27 heavy (non-hydrogen) atoms. The van der Waals surface area contributed by atoms with Crippen LogP contribution in [0, 0.1) is 0 Å². The van der Waals surface area contributed by atoms with Crippen molar-refractivity contribution in [2.75, 3.05) is 26.6 Å². The Kier molecular flexibility index (Phi) is 6.67. The number of aliphatic hydroxyl groups is 1. The van der Waals surface area contributed by atoms with Gasteiger partial charge in [0.15, 0.2) is 0 Å². The fraction of sp³-hybridized carbons (Fsp3) is 0.158. The van der Waals surface area contributed by atoms with E-state index in [9.17, 15) is 14.7 Å². The molecule has 2 N–H and O–H groups in total. The summed E-state index contributed by atoms with van der Waals surface area (Å²) in [5.41, 5.74) is 0.438. The highest BCUT2D eigenvalue weighted by atomic mass is 35.5. The first-order valence-corrected chi connectivity index (χ1v) is 8.09. The van der Waals surface area contributed by atoms with Crippen LogP contribution in [0.25, 0.3) is 5.76 Å². The first kappa shape index (κ1) is 20.1. The molecule has 2 rings (SSSR count). The molecule has 0 unspecified atom stereocenters. The second-order valence-electron chi connectivity index (χ2n) is 5.26. The standard InChI is InChI=1S/C19H18ClNO6/c1-25-12-5-7-17(26-2)13(9-12)15(22)10-16(23)19(24)21-14-8-11(20)4-6-18(14)27-3/h4-10,22H,1-3H3,(H,21,24)/b15-10-. The maximum absolute atomic E-state index is 12.2. The van der Waals surface area contributed by atoms with Crippen LogP contribution in [0.5, 0.6) is 17.2 Å². The number of methoxy groups -OCH3 is 3. The van der Waals surface area contributed by atoms with Gasteiger partial charge in [-0.2, -0.15) is 0 Å². The predicted octanol–water partition coefficient (Wildman–Crippen LogP) is 3.47. The van der Waals surface area contributed by atoms with E-state index in [1.165, 1.54) is 33.5 Å². The minimum Gasteiger partial charge on any atom is -0.507 e. The van der Waals surface area contributed by atoms with Crippen molar-refractivity contribution in [2.24, 2.45) is 0 Å². The average Bonchev–Trinajstić information content (AvgIpc) is 2.67. The maximum Gasteiger partial charge on any atom is 0.296 e. The van der Waals surface area contributed by atoms with Gasteiger partial charge in [-0.1, -0.05) is 11.6 Å². The molecule has 0 bridgehead atoms. The summed E-state index contributed by atoms with van der Waals surface area (Å²) in [6.45, 7) is 0. The summed E-state index contributed by atoms with van der Waals surface area (Å²) in [7, 11) is 4.30. The Bertz CT molecular complexity index is 894. The highest BCUT2D eigenvalue weighted by Crippen LogP contribution is 2.29. The quantitative estimate of drug-likeness (QED) is 0.426. The number of amides is 1. The van der Waals surface area contributed by atoms with Gasteiger partial charge in [-0.25, -0.2) is 0 Å². The van der Waals surface area contributed by atoms with Crippen LogP contribution < -0.4 is 19.5 Å². The molecule has 142 valence electrons. The number of carbonyl (C=O) groups is 2. The number of ketones is 1. The largest absolute Gasteiger partial charge is 0.507 e. The second kappa shape index (κ2) is 8.95. The number of hydrogen-bond acceptors (Lipinski definition) is 6. The third-order valence-electron chi connectivity index (χ3n) is 3.58. The molecule has 0 aliphatic carbocycles. The Morgan fingerprint density at radius 2 is 1.67 bits per heavy atom. The molecule has 0 saturated heterocycles. The number of hydrogen-bond donors (Lipinski definition) is 2. The van der Waals surface area contributed by atoms with Crippen LogP contribution in [-0.4, -0.2) is 38.1 Å². The number of benzene rings is 2. The molecule has 2 aromatic rings. The van der Waals surface area contributed by atoms with Crippen LogP contribution in [0.4, 0.5) is 5.69 Å². The van der Waals surface area contributed by atoms with E-state index >= 15 is 0 Å². The summed E-state index contributed by atoms with van der Waals surface area (Å²) in [5.74, 6) is -1.28. The van der Waals surface area contributed by atoms with Crippen LogP contribution in [0.2, 0.25) is 5.02 Å². The Labute approximate surface area is 161 Å². The van der Waals surface area contributed by atoms with Gasteiger partial charge < -0.3 is 24.6 Å². The lowest BCUT2D eigenvalue weighted by atomic mass is 10.1. The number of rotatable bonds is 7. The van der Waals surface area contributed by atoms with Crippen molar-refractivity contribution in [1.82, 2.24) is 0 Å². The van der Waals surface area contributed by atoms with Gasteiger partial charge in [0.2, 0.25) is 5.78 Å². The summed E-state index contributed by atoms with van der Waals surface area (Å²) >= 11 is 5.89. The lowest BCUT2D eigenvalue weighted by molar-refractivity contribution is -0.132. The van der Waals surface area contributed by atoms with Gasteiger partial charge in [0.1, 0.15) is 23.0 Å². The number of nitrogens with one attached hydrogen (secondary N) is 1. The second-order valence-corrected chi connectivity index (χ2v) is 5.70. The molecule has 0 saturated carbocycles. The monoisotopic (exact) mass is 391 g/mol. The molecule has 0 radical (unpaired) electrons. The van der Waals surface area contributed by atoms with E-state index in [0.717, 1.165) is 6.08 Å². The summed E-state index contributed by atoms with van der Waals surface area (Å²) in [6, 6.07) is 9.26. The number of anilines is 1. The number of carbonyl (C=O) groups excluding carboxylic acids is 2. The van der Waals surface area contributed by atoms with E-state index in [1.807, 2.05) is 0 Å². The predicted molar refractivity (Wildman–Crippen MR) is 102 cm³/mol. The van der Waals surface area contributed by atoms with E-state index in [-0.39, 0.29) is 11.3 Å². The first-order chi connectivity index (χ1) is 12.9. The van der Waals surface area contributed by atoms with Gasteiger partial charge in [-0.15, -0.1) is 0 Å². The lowest BCUT2D eigenvalue weighted by Crippen LogP contribution is -2.21. The van der Waals surface area contributed by atoms with Gasteiger partial charge >= 0.3 is 0 Å². The van der Waals surface area contributed by atoms with Crippen LogP contribution in [0.1, 0.15) is 5.56 Å². The summed E-state index contributed by atoms with van der Waals surface area (Å²) in [4.78, 5) is 24.3. The van der Waals surface area contributed by atoms with Crippen molar-refractivity contribution >= 4 is 34.7 Å². The molecule has 0 spiro atoms. The molecule has 8 heteroatoms. The maximum atomic E-state index is 12.2. The SMILES string of the molecule is COc1ccc(OC)c(/C(O)=C/C(=O)C(=O)Nc2cc(Cl)ccc2OC)c1. The van der Waals surface area contributed by atoms with Crippen LogP contribution >= 0.6 is 11.6 Å². The Morgan fingerprint density at radius 3 is 2.30 bits per heavy atom. The summed E-state index contributed by atoms with van der Waals surface area (Å²) in [6.07, 6.45) is 0.795. The average molecular weight is 392 g/mol. The van der Waals surface area contributed by atoms with Gasteiger partial charge in [-0.05, 0) is 36.4 Å². The Hall–Kier alpha value is -3.19. The van der Waals surface area contributed by atoms with E-state index in [4.69, 9.17) is 25.8 Å². The minimum atomic E-state index is -0.973. The van der Waals surface area contributed by atoms with Crippen molar-refractivity contribution in [2.45, 2.75) is 0 Å². The Balaban J connectivity index is 2.25. The molecule has 0 heterocycles. The van der Waals surface area contributed by atoms with Gasteiger partial charge in [-0.3, -0.25) is 9.59 Å². The highest BCUT2D eigenvalue weighted by molar-refractivity contribution is 6.45. The summed E-state index contributed by atoms with van der Waals surface area (Å²) in [5, 5.41) is 13.0. The van der Waals surface area contributed by atoms with Gasteiger partial charge in [0.05, 0.1) is 32.6 Å². The van der Waals surface area contributed by atoms with Gasteiger partial charge in [0, 0.05) is 11.1 Å². The van der Waals surface area contributed by atoms with E-state index < -0.39 is 17.4 Å². The molecule has 7 nitrogen and oxygen atoms in total. The topological polar surface area (TPSA) is 94.1 Å². The fourth-order valence-corrected chi connectivity index (χ4v) is 2.42. The molecule has 0 aliphatic rings. The number of halogens is 1. The van der Waals surface area contributed by atoms with Crippen LogP contribution in [0.15, 0.2) is 42.5 Å². The Morgan fingerprint density at radius 1 is 1.00 bits per heavy atom. The molecular formula is C19H18ClNO6. The minimum absolute atomic E-state index is 0.207.